The maximum Gasteiger partial charge on any atom is 0.251 e. The number of nitrogens with one attached hydrogen (secondary N) is 3. The van der Waals surface area contributed by atoms with Crippen LogP contribution >= 0.6 is 23.2 Å². The molecule has 1 saturated heterocycles. The molecule has 0 saturated carbocycles. The molecule has 3 N–H and O–H groups in total. The molecule has 0 radical (unpaired) electrons. The van der Waals surface area contributed by atoms with Crippen LogP contribution in [-0.2, 0) is 11.3 Å². The van der Waals surface area contributed by atoms with E-state index < -0.39 is 0 Å². The summed E-state index contributed by atoms with van der Waals surface area (Å²) in [4.78, 5) is 28.4. The smallest absolute Gasteiger partial charge is 0.251 e. The number of hydrogen-bond acceptors (Lipinski definition) is 4. The summed E-state index contributed by atoms with van der Waals surface area (Å²) in [7, 11) is 0. The third-order valence-electron chi connectivity index (χ3n) is 6.83. The molecule has 0 unspecified atom stereocenters. The number of carbonyl (C=O) groups is 2. The summed E-state index contributed by atoms with van der Waals surface area (Å²) in [5, 5.41) is 13.3. The Kier molecular flexibility index (Phi) is 9.66. The van der Waals surface area contributed by atoms with Crippen LogP contribution in [0.15, 0.2) is 54.6 Å². The van der Waals surface area contributed by atoms with Gasteiger partial charge in [0.15, 0.2) is 0 Å². The zero-order chi connectivity index (χ0) is 27.2. The van der Waals surface area contributed by atoms with E-state index in [0.29, 0.717) is 47.7 Å². The van der Waals surface area contributed by atoms with Gasteiger partial charge in [0.1, 0.15) is 0 Å². The van der Waals surface area contributed by atoms with Gasteiger partial charge in [-0.15, -0.1) is 0 Å². The van der Waals surface area contributed by atoms with Crippen molar-refractivity contribution in [2.75, 3.05) is 19.6 Å². The van der Waals surface area contributed by atoms with E-state index in [1.54, 1.807) is 0 Å². The number of hydrogen-bond donors (Lipinski definition) is 3. The highest BCUT2D eigenvalue weighted by molar-refractivity contribution is 6.31. The Morgan fingerprint density at radius 1 is 1.05 bits per heavy atom. The largest absolute Gasteiger partial charge is 0.350 e. The van der Waals surface area contributed by atoms with Gasteiger partial charge >= 0.3 is 0 Å². The Morgan fingerprint density at radius 2 is 1.82 bits per heavy atom. The van der Waals surface area contributed by atoms with E-state index in [9.17, 15) is 9.59 Å². The van der Waals surface area contributed by atoms with Gasteiger partial charge < -0.3 is 20.9 Å². The van der Waals surface area contributed by atoms with Crippen molar-refractivity contribution >= 4 is 45.8 Å². The average Bonchev–Trinajstić information content (AvgIpc) is 3.00. The van der Waals surface area contributed by atoms with Crippen molar-refractivity contribution in [3.8, 4) is 0 Å². The van der Waals surface area contributed by atoms with Crippen molar-refractivity contribution in [3.63, 3.8) is 0 Å². The Morgan fingerprint density at radius 3 is 2.58 bits per heavy atom. The average molecular weight is 556 g/mol. The number of amides is 2. The lowest BCUT2D eigenvalue weighted by molar-refractivity contribution is -0.133. The molecular formula is C30H36Cl2N4O2. The standard InChI is InChI=1S/C30H36Cl2N4O2/c1-19(2)33-10-8-28-30(38)36(18-21-12-20(3)13-26(32)14-21)11-9-27(35-28)17-34-29(37)24-5-4-23-16-25(31)7-6-22(23)15-24/h4-7,12-16,19,27-28,33,35H,8-11,17-18H2,1-3H3,(H,34,37)/t27-,28-/m0/s1. The number of carbonyl (C=O) groups excluding carboxylic acids is 2. The molecule has 1 fully saturated rings. The van der Waals surface area contributed by atoms with E-state index in [4.69, 9.17) is 23.2 Å². The summed E-state index contributed by atoms with van der Waals surface area (Å²) in [6.07, 6.45) is 1.40. The minimum absolute atomic E-state index is 0.0303. The van der Waals surface area contributed by atoms with Crippen LogP contribution in [0.25, 0.3) is 10.8 Å². The molecule has 0 bridgehead atoms. The maximum atomic E-state index is 13.6. The molecule has 1 aliphatic heterocycles. The third-order valence-corrected chi connectivity index (χ3v) is 7.28. The fourth-order valence-corrected chi connectivity index (χ4v) is 5.41. The van der Waals surface area contributed by atoms with Gasteiger partial charge in [0.2, 0.25) is 5.91 Å². The number of nitrogens with zero attached hydrogens (tertiary/aromatic N) is 1. The Bertz CT molecular complexity index is 1280. The van der Waals surface area contributed by atoms with Crippen molar-refractivity contribution in [2.45, 2.75) is 58.3 Å². The molecule has 0 aromatic heterocycles. The summed E-state index contributed by atoms with van der Waals surface area (Å²) in [5.74, 6) is -0.0568. The highest BCUT2D eigenvalue weighted by atomic mass is 35.5. The Labute approximate surface area is 235 Å². The van der Waals surface area contributed by atoms with Crippen molar-refractivity contribution in [2.24, 2.45) is 0 Å². The highest BCUT2D eigenvalue weighted by Gasteiger charge is 2.31. The summed E-state index contributed by atoms with van der Waals surface area (Å²) < 4.78 is 0. The lowest BCUT2D eigenvalue weighted by Crippen LogP contribution is -2.49. The second-order valence-corrected chi connectivity index (χ2v) is 11.3. The molecule has 3 aromatic carbocycles. The molecule has 6 nitrogen and oxygen atoms in total. The van der Waals surface area contributed by atoms with Crippen LogP contribution in [0.5, 0.6) is 0 Å². The molecule has 3 aromatic rings. The predicted octanol–water partition coefficient (Wildman–Crippen LogP) is 5.33. The van der Waals surface area contributed by atoms with Crippen molar-refractivity contribution in [1.29, 1.82) is 0 Å². The topological polar surface area (TPSA) is 73.5 Å². The minimum Gasteiger partial charge on any atom is -0.350 e. The van der Waals surface area contributed by atoms with Crippen molar-refractivity contribution in [3.05, 3.63) is 81.3 Å². The molecule has 38 heavy (non-hydrogen) atoms. The summed E-state index contributed by atoms with van der Waals surface area (Å²) in [6.45, 7) is 8.46. The predicted molar refractivity (Wildman–Crippen MR) is 156 cm³/mol. The van der Waals surface area contributed by atoms with E-state index in [-0.39, 0.29) is 23.9 Å². The van der Waals surface area contributed by atoms with Crippen LogP contribution in [0.4, 0.5) is 0 Å². The third kappa shape index (κ3) is 7.70. The van der Waals surface area contributed by atoms with E-state index >= 15 is 0 Å². The molecule has 0 spiro atoms. The number of aryl methyl sites for hydroxylation is 1. The molecule has 2 atom stereocenters. The number of benzene rings is 3. The zero-order valence-electron chi connectivity index (χ0n) is 22.2. The van der Waals surface area contributed by atoms with Crippen molar-refractivity contribution < 1.29 is 9.59 Å². The van der Waals surface area contributed by atoms with Gasteiger partial charge in [-0.1, -0.05) is 55.2 Å². The summed E-state index contributed by atoms with van der Waals surface area (Å²) in [6, 6.07) is 17.1. The van der Waals surface area contributed by atoms with Gasteiger partial charge in [-0.25, -0.2) is 0 Å². The van der Waals surface area contributed by atoms with Crippen LogP contribution in [0, 0.1) is 6.92 Å². The molecule has 2 amide bonds. The molecular weight excluding hydrogens is 519 g/mol. The van der Waals surface area contributed by atoms with E-state index in [1.807, 2.05) is 60.4 Å². The van der Waals surface area contributed by atoms with Gasteiger partial charge in [-0.05, 0) is 84.6 Å². The van der Waals surface area contributed by atoms with Gasteiger partial charge in [0.25, 0.3) is 5.91 Å². The van der Waals surface area contributed by atoms with Crippen molar-refractivity contribution in [1.82, 2.24) is 20.9 Å². The van der Waals surface area contributed by atoms with Gasteiger partial charge in [-0.3, -0.25) is 9.59 Å². The first-order chi connectivity index (χ1) is 18.2. The molecule has 4 rings (SSSR count). The molecule has 1 aliphatic rings. The summed E-state index contributed by atoms with van der Waals surface area (Å²) in [5.41, 5.74) is 2.69. The second-order valence-electron chi connectivity index (χ2n) is 10.4. The molecule has 8 heteroatoms. The first kappa shape index (κ1) is 28.4. The van der Waals surface area contributed by atoms with Gasteiger partial charge in [0, 0.05) is 47.3 Å². The van der Waals surface area contributed by atoms with Crippen LogP contribution in [0.2, 0.25) is 10.0 Å². The SMILES string of the molecule is Cc1cc(Cl)cc(CN2CC[C@@H](CNC(=O)c3ccc4cc(Cl)ccc4c3)N[C@@H](CCNC(C)C)C2=O)c1. The fraction of sp³-hybridized carbons (Fsp3) is 0.400. The highest BCUT2D eigenvalue weighted by Crippen LogP contribution is 2.21. The Hall–Kier alpha value is -2.64. The van der Waals surface area contributed by atoms with Crippen LogP contribution < -0.4 is 16.0 Å². The van der Waals surface area contributed by atoms with E-state index in [1.165, 1.54) is 0 Å². The zero-order valence-corrected chi connectivity index (χ0v) is 23.7. The quantitative estimate of drug-likeness (QED) is 0.334. The lowest BCUT2D eigenvalue weighted by Gasteiger charge is -2.25. The van der Waals surface area contributed by atoms with E-state index in [2.05, 4.69) is 35.9 Å². The van der Waals surface area contributed by atoms with Crippen LogP contribution in [0.3, 0.4) is 0 Å². The second kappa shape index (κ2) is 12.9. The maximum absolute atomic E-state index is 13.6. The van der Waals surface area contributed by atoms with Gasteiger partial charge in [-0.2, -0.15) is 0 Å². The normalized spacial score (nSPS) is 18.2. The van der Waals surface area contributed by atoms with Crippen LogP contribution in [0.1, 0.15) is 48.2 Å². The lowest BCUT2D eigenvalue weighted by atomic mass is 10.1. The monoisotopic (exact) mass is 554 g/mol. The number of rotatable bonds is 9. The Balaban J connectivity index is 1.43. The molecule has 0 aliphatic carbocycles. The molecule has 1 heterocycles. The molecule has 202 valence electrons. The first-order valence-electron chi connectivity index (χ1n) is 13.2. The number of halogens is 2. The minimum atomic E-state index is -0.337. The first-order valence-corrected chi connectivity index (χ1v) is 14.0. The fourth-order valence-electron chi connectivity index (χ4n) is 4.92. The summed E-state index contributed by atoms with van der Waals surface area (Å²) >= 11 is 12.4. The van der Waals surface area contributed by atoms with Crippen LogP contribution in [-0.4, -0.2) is 54.5 Å². The van der Waals surface area contributed by atoms with Gasteiger partial charge in [0.05, 0.1) is 6.04 Å². The number of fused-ring (bicyclic) bond motifs is 1. The van der Waals surface area contributed by atoms with E-state index in [0.717, 1.165) is 34.9 Å².